The third-order valence-electron chi connectivity index (χ3n) is 12.2. The fraction of sp³-hybridized carbons (Fsp3) is 0.875. The van der Waals surface area contributed by atoms with E-state index in [9.17, 15) is 9.59 Å². The molecule has 1 aliphatic heterocycles. The number of Topliss-reactive ketones (excluding diaryl/α,β-unsaturated/α-hetero) is 1. The van der Waals surface area contributed by atoms with Gasteiger partial charge in [-0.15, -0.1) is 0 Å². The third-order valence-corrected chi connectivity index (χ3v) is 21.1. The SMILES string of the molecule is CC(=O)O[C@@H]1C[C@H]2C(C)=CCC[C@]2(C)[C@H]2[C@@H](O[Si](C)(C)C(C)(C)C)[C@H](O[Si](C)(C)C(C)(C)C)[C@@]3(C)OC[C@]21C3=O. The van der Waals surface area contributed by atoms with Crippen LogP contribution in [0.1, 0.15) is 88.5 Å². The van der Waals surface area contributed by atoms with Crippen molar-refractivity contribution < 1.29 is 27.9 Å². The van der Waals surface area contributed by atoms with E-state index in [0.717, 1.165) is 12.8 Å². The number of fused-ring (bicyclic) bond motifs is 3. The largest absolute Gasteiger partial charge is 0.461 e. The Hall–Kier alpha value is -0.806. The normalized spacial score (nSPS) is 40.3. The summed E-state index contributed by atoms with van der Waals surface area (Å²) in [5.74, 6) is -0.305. The second-order valence-corrected chi connectivity index (χ2v) is 26.3. The van der Waals surface area contributed by atoms with Crippen molar-refractivity contribution in [1.29, 1.82) is 0 Å². The van der Waals surface area contributed by atoms with Crippen LogP contribution in [0.15, 0.2) is 11.6 Å². The van der Waals surface area contributed by atoms with Crippen LogP contribution in [-0.4, -0.2) is 58.9 Å². The fourth-order valence-corrected chi connectivity index (χ4v) is 10.5. The highest BCUT2D eigenvalue weighted by molar-refractivity contribution is 6.74. The molecule has 0 unspecified atom stereocenters. The van der Waals surface area contributed by atoms with Gasteiger partial charge >= 0.3 is 5.97 Å². The summed E-state index contributed by atoms with van der Waals surface area (Å²) in [5, 5.41) is -0.0822. The summed E-state index contributed by atoms with van der Waals surface area (Å²) in [5.41, 5.74) is -1.01. The van der Waals surface area contributed by atoms with Crippen molar-refractivity contribution in [2.75, 3.05) is 6.61 Å². The smallest absolute Gasteiger partial charge is 0.302 e. The van der Waals surface area contributed by atoms with Crippen molar-refractivity contribution in [1.82, 2.24) is 0 Å². The zero-order valence-corrected chi connectivity index (χ0v) is 29.7. The molecule has 3 aliphatic carbocycles. The first-order valence-corrected chi connectivity index (χ1v) is 21.2. The standard InChI is InChI=1S/C32H56O6Si2/c1-20-16-15-17-30(9)22(20)18-23(36-21(2)33)32-19-35-31(10,27(32)34)26(38-40(13,14)29(6,7)8)24(25(30)32)37-39(11,12)28(3,4)5/h16,22-26H,15,17-19H2,1-14H3/t22-,23+,24+,25+,26-,30-,31+,32+/m0/s1. The maximum absolute atomic E-state index is 15.0. The Morgan fingerprint density at radius 1 is 1.00 bits per heavy atom. The Bertz CT molecular complexity index is 1080. The van der Waals surface area contributed by atoms with Crippen LogP contribution in [0.4, 0.5) is 0 Å². The minimum Gasteiger partial charge on any atom is -0.461 e. The highest BCUT2D eigenvalue weighted by Gasteiger charge is 2.79. The molecule has 228 valence electrons. The zero-order chi connectivity index (χ0) is 30.5. The molecule has 8 atom stereocenters. The molecule has 0 aromatic rings. The number of ketones is 1. The van der Waals surface area contributed by atoms with E-state index in [-0.39, 0.29) is 51.8 Å². The number of carbonyl (C=O) groups is 2. The lowest BCUT2D eigenvalue weighted by Crippen LogP contribution is -2.75. The van der Waals surface area contributed by atoms with Gasteiger partial charge in [0.2, 0.25) is 0 Å². The molecule has 2 saturated carbocycles. The predicted octanol–water partition coefficient (Wildman–Crippen LogP) is 7.44. The number of esters is 1. The second kappa shape index (κ2) is 9.60. The number of ether oxygens (including phenoxy) is 2. The van der Waals surface area contributed by atoms with Crippen molar-refractivity contribution in [3.05, 3.63) is 11.6 Å². The summed E-state index contributed by atoms with van der Waals surface area (Å²) < 4.78 is 27.6. The molecule has 1 saturated heterocycles. The van der Waals surface area contributed by atoms with Crippen LogP contribution >= 0.6 is 0 Å². The second-order valence-electron chi connectivity index (χ2n) is 16.8. The van der Waals surface area contributed by atoms with Crippen LogP contribution in [0.3, 0.4) is 0 Å². The van der Waals surface area contributed by atoms with Crippen molar-refractivity contribution >= 4 is 28.4 Å². The van der Waals surface area contributed by atoms with Crippen molar-refractivity contribution in [3.8, 4) is 0 Å². The highest BCUT2D eigenvalue weighted by Crippen LogP contribution is 2.69. The molecule has 0 amide bonds. The average Bonchev–Trinajstić information content (AvgIpc) is 2.96. The van der Waals surface area contributed by atoms with Gasteiger partial charge in [-0.1, -0.05) is 60.1 Å². The molecule has 0 aromatic heterocycles. The summed E-state index contributed by atoms with van der Waals surface area (Å²) in [6.45, 7) is 30.8. The first kappa shape index (κ1) is 32.1. The topological polar surface area (TPSA) is 71.1 Å². The lowest BCUT2D eigenvalue weighted by molar-refractivity contribution is -0.217. The minimum absolute atomic E-state index is 0.0312. The molecule has 6 nitrogen and oxygen atoms in total. The van der Waals surface area contributed by atoms with E-state index < -0.39 is 39.9 Å². The van der Waals surface area contributed by atoms with Gasteiger partial charge in [-0.05, 0) is 80.7 Å². The number of hydrogen-bond acceptors (Lipinski definition) is 6. The number of carbonyl (C=O) groups excluding carboxylic acids is 2. The molecule has 1 heterocycles. The van der Waals surface area contributed by atoms with E-state index in [0.29, 0.717) is 6.42 Å². The van der Waals surface area contributed by atoms with Crippen LogP contribution in [0.25, 0.3) is 0 Å². The van der Waals surface area contributed by atoms with Crippen LogP contribution < -0.4 is 0 Å². The minimum atomic E-state index is -2.35. The summed E-state index contributed by atoms with van der Waals surface area (Å²) in [6.07, 6.45) is 3.47. The van der Waals surface area contributed by atoms with Crippen LogP contribution in [0.2, 0.25) is 36.3 Å². The van der Waals surface area contributed by atoms with Gasteiger partial charge in [-0.3, -0.25) is 9.59 Å². The van der Waals surface area contributed by atoms with Gasteiger partial charge in [0.15, 0.2) is 28.0 Å². The first-order valence-electron chi connectivity index (χ1n) is 15.3. The lowest BCUT2D eigenvalue weighted by atomic mass is 9.42. The Balaban J connectivity index is 2.00. The Kier molecular flexibility index (Phi) is 7.71. The van der Waals surface area contributed by atoms with E-state index >= 15 is 0 Å². The maximum Gasteiger partial charge on any atom is 0.302 e. The quantitative estimate of drug-likeness (QED) is 0.188. The molecular weight excluding hydrogens is 537 g/mol. The highest BCUT2D eigenvalue weighted by atomic mass is 28.4. The number of allylic oxidation sites excluding steroid dienone is 2. The van der Waals surface area contributed by atoms with Gasteiger partial charge in [0, 0.05) is 12.8 Å². The summed E-state index contributed by atoms with van der Waals surface area (Å²) in [4.78, 5) is 27.5. The van der Waals surface area contributed by atoms with Crippen molar-refractivity contribution in [2.45, 2.75) is 149 Å². The molecule has 2 bridgehead atoms. The molecule has 0 N–H and O–H groups in total. The summed E-state index contributed by atoms with van der Waals surface area (Å²) in [7, 11) is -4.68. The van der Waals surface area contributed by atoms with Crippen LogP contribution in [0.5, 0.6) is 0 Å². The van der Waals surface area contributed by atoms with Gasteiger partial charge in [-0.25, -0.2) is 0 Å². The molecule has 4 rings (SSSR count). The summed E-state index contributed by atoms with van der Waals surface area (Å²) >= 11 is 0. The number of hydrogen-bond donors (Lipinski definition) is 0. The molecule has 0 radical (unpaired) electrons. The average molecular weight is 593 g/mol. The van der Waals surface area contributed by atoms with Crippen LogP contribution in [-0.2, 0) is 27.9 Å². The van der Waals surface area contributed by atoms with Gasteiger partial charge in [0.1, 0.15) is 12.2 Å². The molecular formula is C32H56O6Si2. The Morgan fingerprint density at radius 3 is 2.08 bits per heavy atom. The van der Waals surface area contributed by atoms with E-state index in [1.54, 1.807) is 0 Å². The van der Waals surface area contributed by atoms with Crippen LogP contribution in [0, 0.1) is 22.7 Å². The predicted molar refractivity (Wildman–Crippen MR) is 164 cm³/mol. The Morgan fingerprint density at radius 2 is 1.55 bits per heavy atom. The van der Waals surface area contributed by atoms with Gasteiger partial charge in [0.25, 0.3) is 0 Å². The van der Waals surface area contributed by atoms with E-state index in [1.165, 1.54) is 12.5 Å². The van der Waals surface area contributed by atoms with Crippen molar-refractivity contribution in [3.63, 3.8) is 0 Å². The Labute approximate surface area is 245 Å². The molecule has 0 aromatic carbocycles. The van der Waals surface area contributed by atoms with Crippen molar-refractivity contribution in [2.24, 2.45) is 22.7 Å². The molecule has 40 heavy (non-hydrogen) atoms. The van der Waals surface area contributed by atoms with Gasteiger partial charge in [0.05, 0.1) is 18.1 Å². The van der Waals surface area contributed by atoms with E-state index in [2.05, 4.69) is 87.7 Å². The summed E-state index contributed by atoms with van der Waals surface area (Å²) in [6, 6.07) is 0. The molecule has 4 aliphatic rings. The maximum atomic E-state index is 15.0. The molecule has 3 fully saturated rings. The molecule has 8 heteroatoms. The first-order chi connectivity index (χ1) is 18.0. The fourth-order valence-electron chi connectivity index (χ4n) is 7.86. The van der Waals surface area contributed by atoms with E-state index in [1.807, 2.05) is 6.92 Å². The zero-order valence-electron chi connectivity index (χ0n) is 27.7. The lowest BCUT2D eigenvalue weighted by Gasteiger charge is -2.65. The van der Waals surface area contributed by atoms with Gasteiger partial charge < -0.3 is 18.3 Å². The van der Waals surface area contributed by atoms with E-state index in [4.69, 9.17) is 18.3 Å². The third kappa shape index (κ3) is 4.58. The molecule has 1 spiro atoms. The van der Waals surface area contributed by atoms with Gasteiger partial charge in [-0.2, -0.15) is 0 Å². The number of rotatable bonds is 5. The monoisotopic (exact) mass is 592 g/mol.